The minimum absolute atomic E-state index is 0.221. The summed E-state index contributed by atoms with van der Waals surface area (Å²) in [5.74, 6) is -0.221. The SMILES string of the molecule is C=C(/C(C)=C/C=C\C)c1ccc(F)cc1. The number of hydrogen-bond acceptors (Lipinski definition) is 0. The van der Waals surface area contributed by atoms with Crippen LogP contribution in [0.15, 0.2) is 54.6 Å². The van der Waals surface area contributed by atoms with Crippen molar-refractivity contribution in [3.8, 4) is 0 Å². The quantitative estimate of drug-likeness (QED) is 0.639. The summed E-state index contributed by atoms with van der Waals surface area (Å²) in [6.45, 7) is 7.94. The molecule has 0 aromatic heterocycles. The maximum absolute atomic E-state index is 12.7. The molecule has 0 amide bonds. The summed E-state index contributed by atoms with van der Waals surface area (Å²) in [6.07, 6.45) is 5.91. The maximum atomic E-state index is 12.7. The second kappa shape index (κ2) is 5.30. The third kappa shape index (κ3) is 3.21. The van der Waals surface area contributed by atoms with Gasteiger partial charge in [0, 0.05) is 0 Å². The number of hydrogen-bond donors (Lipinski definition) is 0. The Hall–Kier alpha value is -1.63. The molecule has 0 unspecified atom stereocenters. The van der Waals surface area contributed by atoms with Crippen molar-refractivity contribution >= 4 is 5.57 Å². The molecule has 1 rings (SSSR count). The van der Waals surface area contributed by atoms with Crippen LogP contribution in [0.5, 0.6) is 0 Å². The summed E-state index contributed by atoms with van der Waals surface area (Å²) in [5.41, 5.74) is 2.96. The Balaban J connectivity index is 2.90. The standard InChI is InChI=1S/C14H15F/c1-4-5-6-11(2)12(3)13-7-9-14(15)10-8-13/h4-10H,3H2,1-2H3/b5-4-,11-6+. The average Bonchev–Trinajstić information content (AvgIpc) is 2.26. The van der Waals surface area contributed by atoms with Crippen LogP contribution >= 0.6 is 0 Å². The van der Waals surface area contributed by atoms with Gasteiger partial charge in [0.2, 0.25) is 0 Å². The molecule has 1 aromatic rings. The first-order valence-corrected chi connectivity index (χ1v) is 4.90. The average molecular weight is 202 g/mol. The first-order chi connectivity index (χ1) is 7.15. The molecule has 0 N–H and O–H groups in total. The second-order valence-corrected chi connectivity index (χ2v) is 3.36. The van der Waals surface area contributed by atoms with Gasteiger partial charge in [-0.05, 0) is 42.7 Å². The fourth-order valence-corrected chi connectivity index (χ4v) is 1.22. The predicted octanol–water partition coefficient (Wildman–Crippen LogP) is 4.36. The topological polar surface area (TPSA) is 0 Å². The fourth-order valence-electron chi connectivity index (χ4n) is 1.22. The van der Waals surface area contributed by atoms with Crippen LogP contribution in [-0.2, 0) is 0 Å². The van der Waals surface area contributed by atoms with Gasteiger partial charge in [-0.1, -0.05) is 36.9 Å². The van der Waals surface area contributed by atoms with E-state index in [4.69, 9.17) is 0 Å². The highest BCUT2D eigenvalue weighted by atomic mass is 19.1. The number of benzene rings is 1. The van der Waals surface area contributed by atoms with Gasteiger partial charge < -0.3 is 0 Å². The molecule has 0 spiro atoms. The van der Waals surface area contributed by atoms with Crippen LogP contribution in [0.4, 0.5) is 4.39 Å². The van der Waals surface area contributed by atoms with Crippen molar-refractivity contribution in [2.24, 2.45) is 0 Å². The zero-order valence-electron chi connectivity index (χ0n) is 9.13. The van der Waals surface area contributed by atoms with E-state index in [2.05, 4.69) is 6.58 Å². The molecular formula is C14H15F. The lowest BCUT2D eigenvalue weighted by atomic mass is 10.0. The molecule has 0 nitrogen and oxygen atoms in total. The molecule has 15 heavy (non-hydrogen) atoms. The predicted molar refractivity (Wildman–Crippen MR) is 64.0 cm³/mol. The van der Waals surface area contributed by atoms with Crippen molar-refractivity contribution in [3.63, 3.8) is 0 Å². The van der Waals surface area contributed by atoms with Crippen LogP contribution in [0.25, 0.3) is 5.57 Å². The third-order valence-corrected chi connectivity index (χ3v) is 2.21. The highest BCUT2D eigenvalue weighted by Crippen LogP contribution is 2.20. The largest absolute Gasteiger partial charge is 0.207 e. The van der Waals surface area contributed by atoms with Crippen LogP contribution in [0, 0.1) is 5.82 Å². The van der Waals surface area contributed by atoms with Gasteiger partial charge in [-0.2, -0.15) is 0 Å². The summed E-state index contributed by atoms with van der Waals surface area (Å²) in [4.78, 5) is 0. The first-order valence-electron chi connectivity index (χ1n) is 4.90. The Bertz CT molecular complexity index is 394. The van der Waals surface area contributed by atoms with E-state index in [1.807, 2.05) is 32.1 Å². The second-order valence-electron chi connectivity index (χ2n) is 3.36. The zero-order valence-corrected chi connectivity index (χ0v) is 9.13. The lowest BCUT2D eigenvalue weighted by molar-refractivity contribution is 0.627. The summed E-state index contributed by atoms with van der Waals surface area (Å²) >= 11 is 0. The van der Waals surface area contributed by atoms with Gasteiger partial charge in [0.1, 0.15) is 5.82 Å². The third-order valence-electron chi connectivity index (χ3n) is 2.21. The zero-order chi connectivity index (χ0) is 11.3. The molecule has 0 radical (unpaired) electrons. The summed E-state index contributed by atoms with van der Waals surface area (Å²) in [7, 11) is 0. The number of rotatable bonds is 3. The molecule has 78 valence electrons. The highest BCUT2D eigenvalue weighted by Gasteiger charge is 2.00. The van der Waals surface area contributed by atoms with Gasteiger partial charge in [-0.15, -0.1) is 0 Å². The van der Waals surface area contributed by atoms with Crippen molar-refractivity contribution in [1.82, 2.24) is 0 Å². The minimum atomic E-state index is -0.221. The summed E-state index contributed by atoms with van der Waals surface area (Å²) in [5, 5.41) is 0. The monoisotopic (exact) mass is 202 g/mol. The van der Waals surface area contributed by atoms with Gasteiger partial charge in [-0.3, -0.25) is 0 Å². The normalized spacial score (nSPS) is 12.1. The summed E-state index contributed by atoms with van der Waals surface area (Å²) in [6, 6.07) is 6.38. The molecule has 0 saturated heterocycles. The lowest BCUT2D eigenvalue weighted by Crippen LogP contribution is -1.85. The molecule has 0 saturated carbocycles. The van der Waals surface area contributed by atoms with E-state index in [0.29, 0.717) is 0 Å². The molecule has 0 heterocycles. The molecule has 0 aliphatic heterocycles. The van der Waals surface area contributed by atoms with Crippen LogP contribution in [0.2, 0.25) is 0 Å². The number of halogens is 1. The van der Waals surface area contributed by atoms with Crippen molar-refractivity contribution in [2.75, 3.05) is 0 Å². The fraction of sp³-hybridized carbons (Fsp3) is 0.143. The minimum Gasteiger partial charge on any atom is -0.207 e. The van der Waals surface area contributed by atoms with Gasteiger partial charge in [0.15, 0.2) is 0 Å². The Morgan fingerprint density at radius 2 is 1.87 bits per heavy atom. The van der Waals surface area contributed by atoms with Crippen LogP contribution in [0.1, 0.15) is 19.4 Å². The van der Waals surface area contributed by atoms with Crippen LogP contribution < -0.4 is 0 Å². The van der Waals surface area contributed by atoms with E-state index in [1.165, 1.54) is 12.1 Å². The van der Waals surface area contributed by atoms with E-state index in [1.54, 1.807) is 12.1 Å². The molecule has 0 atom stereocenters. The van der Waals surface area contributed by atoms with Gasteiger partial charge in [0.25, 0.3) is 0 Å². The first kappa shape index (κ1) is 11.4. The van der Waals surface area contributed by atoms with Crippen molar-refractivity contribution < 1.29 is 4.39 Å². The van der Waals surface area contributed by atoms with Crippen molar-refractivity contribution in [1.29, 1.82) is 0 Å². The Morgan fingerprint density at radius 3 is 2.40 bits per heavy atom. The van der Waals surface area contributed by atoms with Crippen molar-refractivity contribution in [2.45, 2.75) is 13.8 Å². The molecule has 0 aliphatic carbocycles. The molecule has 0 fully saturated rings. The Kier molecular flexibility index (Phi) is 4.04. The van der Waals surface area contributed by atoms with E-state index in [9.17, 15) is 4.39 Å². The molecule has 0 aliphatic rings. The summed E-state index contributed by atoms with van der Waals surface area (Å²) < 4.78 is 12.7. The van der Waals surface area contributed by atoms with Crippen LogP contribution in [0.3, 0.4) is 0 Å². The molecular weight excluding hydrogens is 187 g/mol. The molecule has 1 aromatic carbocycles. The maximum Gasteiger partial charge on any atom is 0.123 e. The van der Waals surface area contributed by atoms with Crippen LogP contribution in [-0.4, -0.2) is 0 Å². The Labute approximate surface area is 90.4 Å². The number of allylic oxidation sites excluding steroid dienone is 5. The van der Waals surface area contributed by atoms with Crippen molar-refractivity contribution in [3.05, 3.63) is 66.0 Å². The lowest BCUT2D eigenvalue weighted by Gasteiger charge is -2.05. The van der Waals surface area contributed by atoms with E-state index >= 15 is 0 Å². The molecule has 0 bridgehead atoms. The Morgan fingerprint density at radius 1 is 1.27 bits per heavy atom. The van der Waals surface area contributed by atoms with E-state index < -0.39 is 0 Å². The smallest absolute Gasteiger partial charge is 0.123 e. The van der Waals surface area contributed by atoms with Gasteiger partial charge in [0.05, 0.1) is 0 Å². The highest BCUT2D eigenvalue weighted by molar-refractivity contribution is 5.76. The van der Waals surface area contributed by atoms with Gasteiger partial charge >= 0.3 is 0 Å². The van der Waals surface area contributed by atoms with Gasteiger partial charge in [-0.25, -0.2) is 4.39 Å². The van der Waals surface area contributed by atoms with E-state index in [-0.39, 0.29) is 5.82 Å². The van der Waals surface area contributed by atoms with E-state index in [0.717, 1.165) is 16.7 Å². The molecule has 1 heteroatoms.